The molecule has 1 rings (SSSR count). The fraction of sp³-hybridized carbons (Fsp3) is 0.500. The van der Waals surface area contributed by atoms with Crippen molar-refractivity contribution in [2.75, 3.05) is 34.3 Å². The van der Waals surface area contributed by atoms with Crippen molar-refractivity contribution in [3.05, 3.63) is 28.8 Å². The van der Waals surface area contributed by atoms with E-state index in [9.17, 15) is 0 Å². The number of aliphatic imine (C=N–C) groups is 1. The molecule has 0 aliphatic rings. The Morgan fingerprint density at radius 1 is 1.42 bits per heavy atom. The van der Waals surface area contributed by atoms with Crippen molar-refractivity contribution in [3.8, 4) is 5.75 Å². The second-order valence-electron chi connectivity index (χ2n) is 4.34. The Morgan fingerprint density at radius 3 is 2.68 bits per heavy atom. The highest BCUT2D eigenvalue weighted by Gasteiger charge is 2.03. The maximum absolute atomic E-state index is 6.19. The van der Waals surface area contributed by atoms with E-state index in [0.717, 1.165) is 35.3 Å². The van der Waals surface area contributed by atoms with Crippen molar-refractivity contribution < 1.29 is 4.74 Å². The third kappa shape index (κ3) is 4.99. The number of guanidine groups is 1. The molecule has 0 amide bonds. The maximum atomic E-state index is 6.19. The van der Waals surface area contributed by atoms with Crippen LogP contribution in [0, 0.1) is 0 Å². The van der Waals surface area contributed by atoms with Crippen LogP contribution in [0.2, 0.25) is 5.02 Å². The molecule has 0 fully saturated rings. The second kappa shape index (κ2) is 7.89. The zero-order valence-corrected chi connectivity index (χ0v) is 12.8. The summed E-state index contributed by atoms with van der Waals surface area (Å²) in [6.45, 7) is 3.62. The normalized spacial score (nSPS) is 11.3. The minimum Gasteiger partial charge on any atom is -0.497 e. The Balaban J connectivity index is 2.63. The van der Waals surface area contributed by atoms with E-state index in [2.05, 4.69) is 17.2 Å². The lowest BCUT2D eigenvalue weighted by molar-refractivity contribution is 0.414. The molecule has 106 valence electrons. The Bertz CT molecular complexity index is 433. The highest BCUT2D eigenvalue weighted by molar-refractivity contribution is 6.31. The molecule has 0 bridgehead atoms. The number of hydrogen-bond donors (Lipinski definition) is 1. The fourth-order valence-electron chi connectivity index (χ4n) is 1.65. The van der Waals surface area contributed by atoms with Gasteiger partial charge in [-0.25, -0.2) is 0 Å². The summed E-state index contributed by atoms with van der Waals surface area (Å²) in [5, 5.41) is 3.95. The zero-order valence-electron chi connectivity index (χ0n) is 12.0. The van der Waals surface area contributed by atoms with Crippen LogP contribution in [-0.4, -0.2) is 45.2 Å². The van der Waals surface area contributed by atoms with Gasteiger partial charge in [0.15, 0.2) is 5.96 Å². The van der Waals surface area contributed by atoms with Gasteiger partial charge in [0.1, 0.15) is 5.75 Å². The second-order valence-corrected chi connectivity index (χ2v) is 4.74. The minimum atomic E-state index is 0.701. The number of hydrogen-bond acceptors (Lipinski definition) is 2. The summed E-state index contributed by atoms with van der Waals surface area (Å²) in [7, 11) is 5.58. The number of ether oxygens (including phenoxy) is 1. The van der Waals surface area contributed by atoms with Crippen molar-refractivity contribution in [2.24, 2.45) is 4.99 Å². The molecule has 0 aliphatic carbocycles. The molecule has 0 aromatic heterocycles. The Hall–Kier alpha value is -1.42. The summed E-state index contributed by atoms with van der Waals surface area (Å²) in [6.07, 6.45) is 0.811. The van der Waals surface area contributed by atoms with Gasteiger partial charge >= 0.3 is 0 Å². The van der Waals surface area contributed by atoms with Gasteiger partial charge in [0.2, 0.25) is 0 Å². The number of rotatable bonds is 5. The van der Waals surface area contributed by atoms with E-state index in [0.29, 0.717) is 6.54 Å². The fourth-order valence-corrected chi connectivity index (χ4v) is 1.92. The van der Waals surface area contributed by atoms with Crippen LogP contribution in [0.15, 0.2) is 23.2 Å². The molecule has 0 heterocycles. The van der Waals surface area contributed by atoms with Gasteiger partial charge in [0.25, 0.3) is 0 Å². The van der Waals surface area contributed by atoms with E-state index in [1.807, 2.05) is 37.2 Å². The summed E-state index contributed by atoms with van der Waals surface area (Å²) in [6, 6.07) is 5.74. The highest BCUT2D eigenvalue weighted by Crippen LogP contribution is 2.22. The Kier molecular flexibility index (Phi) is 6.50. The standard InChI is InChI=1S/C14H22ClN3O/c1-5-16-14(18(2)3)17-9-8-11-6-7-12(19-4)10-13(11)15/h6-7,10H,5,8-9H2,1-4H3,(H,16,17). The summed E-state index contributed by atoms with van der Waals surface area (Å²) in [5.74, 6) is 1.67. The highest BCUT2D eigenvalue weighted by atomic mass is 35.5. The summed E-state index contributed by atoms with van der Waals surface area (Å²) < 4.78 is 5.13. The predicted octanol–water partition coefficient (Wildman–Crippen LogP) is 2.42. The topological polar surface area (TPSA) is 36.9 Å². The zero-order chi connectivity index (χ0) is 14.3. The molecule has 0 unspecified atom stereocenters. The third-order valence-electron chi connectivity index (χ3n) is 2.66. The molecule has 0 radical (unpaired) electrons. The molecule has 19 heavy (non-hydrogen) atoms. The first-order valence-corrected chi connectivity index (χ1v) is 6.74. The van der Waals surface area contributed by atoms with Gasteiger partial charge in [-0.15, -0.1) is 0 Å². The summed E-state index contributed by atoms with van der Waals surface area (Å²) in [5.41, 5.74) is 1.08. The van der Waals surface area contributed by atoms with Gasteiger partial charge in [0.05, 0.1) is 7.11 Å². The lowest BCUT2D eigenvalue weighted by Crippen LogP contribution is -2.36. The van der Waals surface area contributed by atoms with Gasteiger partial charge in [0, 0.05) is 32.2 Å². The monoisotopic (exact) mass is 283 g/mol. The molecule has 0 saturated carbocycles. The van der Waals surface area contributed by atoms with Crippen LogP contribution in [0.1, 0.15) is 12.5 Å². The van der Waals surface area contributed by atoms with Crippen LogP contribution in [0.25, 0.3) is 0 Å². The largest absolute Gasteiger partial charge is 0.497 e. The van der Waals surface area contributed by atoms with Crippen molar-refractivity contribution >= 4 is 17.6 Å². The SMILES string of the molecule is CCNC(=NCCc1ccc(OC)cc1Cl)N(C)C. The molecule has 0 saturated heterocycles. The van der Waals surface area contributed by atoms with Crippen molar-refractivity contribution in [1.29, 1.82) is 0 Å². The van der Waals surface area contributed by atoms with E-state index in [1.54, 1.807) is 7.11 Å². The van der Waals surface area contributed by atoms with Crippen LogP contribution < -0.4 is 10.1 Å². The van der Waals surface area contributed by atoms with Gasteiger partial charge in [-0.05, 0) is 31.0 Å². The van der Waals surface area contributed by atoms with Crippen molar-refractivity contribution in [2.45, 2.75) is 13.3 Å². The maximum Gasteiger partial charge on any atom is 0.193 e. The first kappa shape index (κ1) is 15.6. The number of nitrogens with zero attached hydrogens (tertiary/aromatic N) is 2. The third-order valence-corrected chi connectivity index (χ3v) is 3.01. The lowest BCUT2D eigenvalue weighted by atomic mass is 10.1. The molecule has 5 heteroatoms. The van der Waals surface area contributed by atoms with Gasteiger partial charge in [-0.1, -0.05) is 17.7 Å². The smallest absolute Gasteiger partial charge is 0.193 e. The molecule has 1 aromatic carbocycles. The number of benzene rings is 1. The first-order chi connectivity index (χ1) is 9.08. The average Bonchev–Trinajstić information content (AvgIpc) is 2.39. The van der Waals surface area contributed by atoms with Crippen LogP contribution >= 0.6 is 11.6 Å². The summed E-state index contributed by atoms with van der Waals surface area (Å²) >= 11 is 6.19. The number of nitrogens with one attached hydrogen (secondary N) is 1. The van der Waals surface area contributed by atoms with Crippen LogP contribution in [0.4, 0.5) is 0 Å². The number of methoxy groups -OCH3 is 1. The Morgan fingerprint density at radius 2 is 2.16 bits per heavy atom. The van der Waals surface area contributed by atoms with Gasteiger partial charge in [-0.2, -0.15) is 0 Å². The molecule has 0 spiro atoms. The minimum absolute atomic E-state index is 0.701. The van der Waals surface area contributed by atoms with E-state index < -0.39 is 0 Å². The van der Waals surface area contributed by atoms with Crippen LogP contribution in [0.3, 0.4) is 0 Å². The predicted molar refractivity (Wildman–Crippen MR) is 81.4 cm³/mol. The molecule has 1 aromatic rings. The van der Waals surface area contributed by atoms with Crippen LogP contribution in [-0.2, 0) is 6.42 Å². The van der Waals surface area contributed by atoms with Crippen LogP contribution in [0.5, 0.6) is 5.75 Å². The van der Waals surface area contributed by atoms with E-state index in [4.69, 9.17) is 16.3 Å². The van der Waals surface area contributed by atoms with Gasteiger partial charge < -0.3 is 15.0 Å². The molecule has 0 atom stereocenters. The number of halogens is 1. The average molecular weight is 284 g/mol. The lowest BCUT2D eigenvalue weighted by Gasteiger charge is -2.16. The van der Waals surface area contributed by atoms with Crippen molar-refractivity contribution in [3.63, 3.8) is 0 Å². The molecular weight excluding hydrogens is 262 g/mol. The molecule has 0 aliphatic heterocycles. The van der Waals surface area contributed by atoms with E-state index in [-0.39, 0.29) is 0 Å². The van der Waals surface area contributed by atoms with Gasteiger partial charge in [-0.3, -0.25) is 4.99 Å². The summed E-state index contributed by atoms with van der Waals surface area (Å²) in [4.78, 5) is 6.50. The first-order valence-electron chi connectivity index (χ1n) is 6.36. The van der Waals surface area contributed by atoms with E-state index >= 15 is 0 Å². The Labute approximate surface area is 120 Å². The molecule has 4 nitrogen and oxygen atoms in total. The molecular formula is C14H22ClN3O. The quantitative estimate of drug-likeness (QED) is 0.666. The van der Waals surface area contributed by atoms with E-state index in [1.165, 1.54) is 0 Å². The molecule has 1 N–H and O–H groups in total. The van der Waals surface area contributed by atoms with Crippen molar-refractivity contribution in [1.82, 2.24) is 10.2 Å².